The van der Waals surface area contributed by atoms with Crippen LogP contribution in [0, 0.1) is 0 Å². The van der Waals surface area contributed by atoms with E-state index in [1.54, 1.807) is 10.7 Å². The van der Waals surface area contributed by atoms with Crippen molar-refractivity contribution in [3.8, 4) is 0 Å². The molecule has 3 aromatic heterocycles. The zero-order valence-electron chi connectivity index (χ0n) is 15.6. The first-order valence-electron chi connectivity index (χ1n) is 9.83. The van der Waals surface area contributed by atoms with Crippen LogP contribution in [0.2, 0.25) is 0 Å². The average Bonchev–Trinajstić information content (AvgIpc) is 3.36. The molecule has 29 heavy (non-hydrogen) atoms. The van der Waals surface area contributed by atoms with E-state index in [9.17, 15) is 0 Å². The summed E-state index contributed by atoms with van der Waals surface area (Å²) >= 11 is 3.57. The first-order chi connectivity index (χ1) is 14.2. The first-order valence-corrected chi connectivity index (χ1v) is 10.6. The fourth-order valence-electron chi connectivity index (χ4n) is 4.29. The van der Waals surface area contributed by atoms with Crippen LogP contribution in [0.1, 0.15) is 18.7 Å². The molecule has 0 saturated carbocycles. The van der Waals surface area contributed by atoms with Gasteiger partial charge in [-0.15, -0.1) is 0 Å². The molecule has 9 nitrogen and oxygen atoms in total. The van der Waals surface area contributed by atoms with Gasteiger partial charge >= 0.3 is 0 Å². The van der Waals surface area contributed by atoms with E-state index < -0.39 is 0 Å². The second kappa shape index (κ2) is 6.67. The van der Waals surface area contributed by atoms with Gasteiger partial charge in [-0.1, -0.05) is 12.1 Å². The molecule has 0 unspecified atom stereocenters. The molecule has 7 rings (SSSR count). The topological polar surface area (TPSA) is 99.1 Å². The summed E-state index contributed by atoms with van der Waals surface area (Å²) < 4.78 is 2.59. The molecule has 1 aromatic carbocycles. The van der Waals surface area contributed by atoms with Crippen molar-refractivity contribution in [2.24, 2.45) is 0 Å². The Labute approximate surface area is 175 Å². The second-order valence-corrected chi connectivity index (χ2v) is 8.47. The largest absolute Gasteiger partial charge is 0.347 e. The number of halogens is 1. The van der Waals surface area contributed by atoms with Crippen molar-refractivity contribution >= 4 is 44.5 Å². The first kappa shape index (κ1) is 17.2. The Morgan fingerprint density at radius 1 is 1.17 bits per heavy atom. The molecule has 0 amide bonds. The molecule has 4 aromatic rings. The summed E-state index contributed by atoms with van der Waals surface area (Å²) in [6.45, 7) is 2.45. The lowest BCUT2D eigenvalue weighted by molar-refractivity contribution is 0.287. The van der Waals surface area contributed by atoms with Gasteiger partial charge in [0.2, 0.25) is 11.9 Å². The Bertz CT molecular complexity index is 1160. The molecule has 3 aliphatic heterocycles. The van der Waals surface area contributed by atoms with Crippen LogP contribution in [0.25, 0.3) is 16.7 Å². The minimum absolute atomic E-state index is 0.437. The lowest BCUT2D eigenvalue weighted by atomic mass is 9.93. The van der Waals surface area contributed by atoms with Gasteiger partial charge in [-0.3, -0.25) is 0 Å². The van der Waals surface area contributed by atoms with Crippen molar-refractivity contribution in [3.63, 3.8) is 0 Å². The summed E-state index contributed by atoms with van der Waals surface area (Å²) in [5, 5.41) is 11.4. The van der Waals surface area contributed by atoms with Gasteiger partial charge in [-0.25, -0.2) is 4.98 Å². The number of rotatable bonds is 4. The molecule has 6 heterocycles. The van der Waals surface area contributed by atoms with Gasteiger partial charge < -0.3 is 20.5 Å². The normalized spacial score (nSPS) is 21.3. The quantitative estimate of drug-likeness (QED) is 0.435. The van der Waals surface area contributed by atoms with Crippen LogP contribution in [0.15, 0.2) is 34.9 Å². The highest BCUT2D eigenvalue weighted by molar-refractivity contribution is 9.10. The predicted octanol–water partition coefficient (Wildman–Crippen LogP) is 2.32. The number of hydrogen-bond acceptors (Lipinski definition) is 7. The van der Waals surface area contributed by atoms with Crippen molar-refractivity contribution in [3.05, 3.63) is 40.8 Å². The fraction of sp³-hybridized carbons (Fsp3) is 0.368. The zero-order valence-corrected chi connectivity index (χ0v) is 17.2. The lowest BCUT2D eigenvalue weighted by Crippen LogP contribution is -2.61. The molecular formula is C19H20BrN9. The van der Waals surface area contributed by atoms with E-state index in [1.807, 2.05) is 24.3 Å². The van der Waals surface area contributed by atoms with Crippen LogP contribution in [-0.4, -0.2) is 54.7 Å². The number of fused-ring (bicyclic) bond motifs is 5. The van der Waals surface area contributed by atoms with Crippen molar-refractivity contribution < 1.29 is 0 Å². The third-order valence-electron chi connectivity index (χ3n) is 5.77. The maximum absolute atomic E-state index is 4.84. The zero-order chi connectivity index (χ0) is 19.4. The van der Waals surface area contributed by atoms with Gasteiger partial charge in [0.25, 0.3) is 0 Å². The molecule has 0 spiro atoms. The lowest BCUT2D eigenvalue weighted by Gasteiger charge is -2.45. The molecule has 3 saturated heterocycles. The van der Waals surface area contributed by atoms with Gasteiger partial charge in [-0.05, 0) is 40.9 Å². The summed E-state index contributed by atoms with van der Waals surface area (Å²) in [5.74, 6) is 2.26. The number of piperidine rings is 2. The van der Waals surface area contributed by atoms with E-state index in [0.717, 1.165) is 46.0 Å². The van der Waals surface area contributed by atoms with Crippen molar-refractivity contribution in [1.29, 1.82) is 0 Å². The fourth-order valence-corrected chi connectivity index (χ4v) is 4.64. The number of aromatic nitrogens is 6. The molecule has 3 fully saturated rings. The van der Waals surface area contributed by atoms with E-state index in [0.29, 0.717) is 24.6 Å². The number of imidazole rings is 1. The van der Waals surface area contributed by atoms with Crippen LogP contribution >= 0.6 is 15.9 Å². The molecule has 0 aliphatic carbocycles. The minimum atomic E-state index is 0.437. The van der Waals surface area contributed by atoms with Crippen LogP contribution < -0.4 is 15.5 Å². The molecule has 3 aliphatic rings. The standard InChI is InChI=1S/C19H20BrN9/c20-13-8-23-29-17(13)26-19(28-10-11-5-6-12(28)7-21-11)27-18(29)22-9-16-24-14-3-1-2-4-15(14)25-16/h1-4,8,11-12,21H,5-7,9-10H2,(H,24,25)(H,22,26,27)/t11-,12-/m1/s1. The van der Waals surface area contributed by atoms with Gasteiger partial charge in [0.05, 0.1) is 28.2 Å². The van der Waals surface area contributed by atoms with Crippen molar-refractivity contribution in [1.82, 2.24) is 34.9 Å². The van der Waals surface area contributed by atoms with E-state index in [2.05, 4.69) is 46.5 Å². The number of nitrogens with one attached hydrogen (secondary N) is 3. The SMILES string of the molecule is Brc1cnn2c(NCc3nc4ccccc4[nH]3)nc(N3C[C@H]4CC[C@@H]3CN4)nc12. The average molecular weight is 454 g/mol. The van der Waals surface area contributed by atoms with Gasteiger partial charge in [-0.2, -0.15) is 19.6 Å². The highest BCUT2D eigenvalue weighted by atomic mass is 79.9. The molecular weight excluding hydrogens is 434 g/mol. The second-order valence-electron chi connectivity index (χ2n) is 7.62. The van der Waals surface area contributed by atoms with Crippen LogP contribution in [0.3, 0.4) is 0 Å². The molecule has 0 radical (unpaired) electrons. The third kappa shape index (κ3) is 2.94. The van der Waals surface area contributed by atoms with Gasteiger partial charge in [0.1, 0.15) is 5.82 Å². The summed E-state index contributed by atoms with van der Waals surface area (Å²) in [4.78, 5) is 20.0. The van der Waals surface area contributed by atoms with Crippen LogP contribution in [-0.2, 0) is 6.54 Å². The summed E-state index contributed by atoms with van der Waals surface area (Å²) in [7, 11) is 0. The van der Waals surface area contributed by atoms with E-state index in [4.69, 9.17) is 9.97 Å². The van der Waals surface area contributed by atoms with E-state index in [-0.39, 0.29) is 0 Å². The van der Waals surface area contributed by atoms with Crippen LogP contribution in [0.4, 0.5) is 11.9 Å². The maximum atomic E-state index is 4.84. The number of piperazine rings is 1. The Balaban J connectivity index is 1.34. The Hall–Kier alpha value is -2.72. The highest BCUT2D eigenvalue weighted by Gasteiger charge is 2.35. The summed E-state index contributed by atoms with van der Waals surface area (Å²) in [6, 6.07) is 8.97. The van der Waals surface area contributed by atoms with Crippen molar-refractivity contribution in [2.75, 3.05) is 23.3 Å². The number of nitrogens with zero attached hydrogens (tertiary/aromatic N) is 6. The summed E-state index contributed by atoms with van der Waals surface area (Å²) in [6.07, 6.45) is 4.15. The minimum Gasteiger partial charge on any atom is -0.347 e. The van der Waals surface area contributed by atoms with Gasteiger partial charge in [0, 0.05) is 25.2 Å². The summed E-state index contributed by atoms with van der Waals surface area (Å²) in [5.41, 5.74) is 2.74. The number of H-pyrrole nitrogens is 1. The van der Waals surface area contributed by atoms with Crippen molar-refractivity contribution in [2.45, 2.75) is 31.5 Å². The Morgan fingerprint density at radius 3 is 2.90 bits per heavy atom. The molecule has 148 valence electrons. The third-order valence-corrected chi connectivity index (χ3v) is 6.33. The molecule has 2 bridgehead atoms. The molecule has 3 N–H and O–H groups in total. The van der Waals surface area contributed by atoms with Crippen LogP contribution in [0.5, 0.6) is 0 Å². The van der Waals surface area contributed by atoms with E-state index in [1.165, 1.54) is 12.8 Å². The van der Waals surface area contributed by atoms with E-state index >= 15 is 0 Å². The number of hydrogen-bond donors (Lipinski definition) is 3. The monoisotopic (exact) mass is 453 g/mol. The van der Waals surface area contributed by atoms with Gasteiger partial charge in [0.15, 0.2) is 5.65 Å². The Morgan fingerprint density at radius 2 is 2.10 bits per heavy atom. The number of para-hydroxylation sites is 2. The molecule has 10 heteroatoms. The predicted molar refractivity (Wildman–Crippen MR) is 114 cm³/mol. The Kier molecular flexibility index (Phi) is 3.95. The molecule has 2 atom stereocenters. The number of aromatic amines is 1. The number of benzene rings is 1. The smallest absolute Gasteiger partial charge is 0.231 e. The number of anilines is 2. The maximum Gasteiger partial charge on any atom is 0.231 e. The highest BCUT2D eigenvalue weighted by Crippen LogP contribution is 2.28.